The predicted molar refractivity (Wildman–Crippen MR) is 129 cm³/mol. The van der Waals surface area contributed by atoms with Gasteiger partial charge in [-0.05, 0) is 48.4 Å². The van der Waals surface area contributed by atoms with Crippen LogP contribution in [0.15, 0.2) is 70.2 Å². The van der Waals surface area contributed by atoms with Gasteiger partial charge < -0.3 is 10.1 Å². The van der Waals surface area contributed by atoms with Gasteiger partial charge in [0.1, 0.15) is 5.75 Å². The third-order valence-corrected chi connectivity index (χ3v) is 5.69. The Bertz CT molecular complexity index is 1350. The molecule has 1 N–H and O–H groups in total. The summed E-state index contributed by atoms with van der Waals surface area (Å²) in [6.07, 6.45) is -2.02. The molecule has 0 bridgehead atoms. The Morgan fingerprint density at radius 2 is 1.79 bits per heavy atom. The van der Waals surface area contributed by atoms with Gasteiger partial charge in [0.25, 0.3) is 5.56 Å². The second-order valence-corrected chi connectivity index (χ2v) is 8.44. The molecule has 0 aliphatic heterocycles. The zero-order chi connectivity index (χ0) is 24.3. The Balaban J connectivity index is 1.80. The fourth-order valence-electron chi connectivity index (χ4n) is 3.49. The van der Waals surface area contributed by atoms with Crippen molar-refractivity contribution < 1.29 is 17.9 Å². The van der Waals surface area contributed by atoms with Gasteiger partial charge in [-0.2, -0.15) is 13.2 Å². The van der Waals surface area contributed by atoms with E-state index in [1.165, 1.54) is 4.57 Å². The van der Waals surface area contributed by atoms with Crippen molar-refractivity contribution in [2.45, 2.75) is 19.0 Å². The summed E-state index contributed by atoms with van der Waals surface area (Å²) in [5.41, 5.74) is 1.77. The van der Waals surface area contributed by atoms with Gasteiger partial charge in [-0.3, -0.25) is 9.36 Å². The Kier molecular flexibility index (Phi) is 6.87. The Hall–Kier alpha value is -3.40. The minimum absolute atomic E-state index is 0.0571. The van der Waals surface area contributed by atoms with Gasteiger partial charge in [0.05, 0.1) is 18.2 Å². The number of nitrogens with one attached hydrogen (secondary N) is 1. The molecule has 4 aromatic rings. The number of alkyl halides is 3. The lowest BCUT2D eigenvalue weighted by Crippen LogP contribution is -2.21. The summed E-state index contributed by atoms with van der Waals surface area (Å²) >= 11 is 3.40. The van der Waals surface area contributed by atoms with Crippen molar-refractivity contribution in [1.82, 2.24) is 14.5 Å². The van der Waals surface area contributed by atoms with E-state index in [1.807, 2.05) is 12.1 Å². The molecule has 0 aliphatic carbocycles. The summed E-state index contributed by atoms with van der Waals surface area (Å²) in [5, 5.41) is 3.43. The van der Waals surface area contributed by atoms with E-state index in [9.17, 15) is 18.0 Å². The van der Waals surface area contributed by atoms with E-state index in [0.29, 0.717) is 33.5 Å². The zero-order valence-corrected chi connectivity index (χ0v) is 19.7. The smallest absolute Gasteiger partial charge is 0.389 e. The highest BCUT2D eigenvalue weighted by Gasteiger charge is 2.26. The molecule has 2 aromatic heterocycles. The van der Waals surface area contributed by atoms with Crippen LogP contribution in [0.3, 0.4) is 0 Å². The number of aromatic nitrogens is 3. The molecule has 176 valence electrons. The number of fused-ring (bicyclic) bond motifs is 1. The van der Waals surface area contributed by atoms with E-state index in [-0.39, 0.29) is 24.5 Å². The van der Waals surface area contributed by atoms with Crippen LogP contribution in [0, 0.1) is 0 Å². The molecule has 0 radical (unpaired) electrons. The first kappa shape index (κ1) is 23.7. The van der Waals surface area contributed by atoms with Crippen molar-refractivity contribution in [2.24, 2.45) is 0 Å². The Labute approximate surface area is 201 Å². The molecular formula is C24H20BrF3N4O2. The van der Waals surface area contributed by atoms with E-state index in [2.05, 4.69) is 31.2 Å². The van der Waals surface area contributed by atoms with E-state index < -0.39 is 12.6 Å². The maximum Gasteiger partial charge on any atom is 0.389 e. The molecule has 34 heavy (non-hydrogen) atoms. The molecular weight excluding hydrogens is 513 g/mol. The minimum Gasteiger partial charge on any atom is -0.497 e. The fraction of sp³-hybridized carbons (Fsp3) is 0.208. The number of methoxy groups -OCH3 is 1. The number of pyridine rings is 1. The number of anilines is 1. The molecule has 6 nitrogen and oxygen atoms in total. The van der Waals surface area contributed by atoms with Gasteiger partial charge in [0.2, 0.25) is 5.95 Å². The molecule has 4 rings (SSSR count). The summed E-state index contributed by atoms with van der Waals surface area (Å²) < 4.78 is 44.8. The topological polar surface area (TPSA) is 69.0 Å². The van der Waals surface area contributed by atoms with Gasteiger partial charge in [-0.25, -0.2) is 9.97 Å². The van der Waals surface area contributed by atoms with Crippen LogP contribution in [-0.2, 0) is 0 Å². The quantitative estimate of drug-likeness (QED) is 0.297. The van der Waals surface area contributed by atoms with Crippen molar-refractivity contribution in [1.29, 1.82) is 0 Å². The van der Waals surface area contributed by atoms with Gasteiger partial charge >= 0.3 is 6.18 Å². The number of hydrogen-bond acceptors (Lipinski definition) is 5. The SMILES string of the molecule is COc1ccc(-n2cc3cnc(NCCCC(F)(F)F)nc3c(-c3ccc(Br)cc3)c2=O)cc1. The largest absolute Gasteiger partial charge is 0.497 e. The molecule has 0 saturated carbocycles. The van der Waals surface area contributed by atoms with Crippen molar-refractivity contribution in [3.8, 4) is 22.6 Å². The van der Waals surface area contributed by atoms with E-state index in [1.54, 1.807) is 55.9 Å². The van der Waals surface area contributed by atoms with E-state index in [0.717, 1.165) is 4.47 Å². The molecule has 2 heterocycles. The Morgan fingerprint density at radius 3 is 2.44 bits per heavy atom. The second-order valence-electron chi connectivity index (χ2n) is 7.53. The normalized spacial score (nSPS) is 11.6. The van der Waals surface area contributed by atoms with Crippen LogP contribution in [0.1, 0.15) is 12.8 Å². The first-order valence-corrected chi connectivity index (χ1v) is 11.2. The van der Waals surface area contributed by atoms with Crippen molar-refractivity contribution in [3.05, 3.63) is 75.8 Å². The predicted octanol–water partition coefficient (Wildman–Crippen LogP) is 5.97. The summed E-state index contributed by atoms with van der Waals surface area (Å²) in [6.45, 7) is 0.0571. The van der Waals surface area contributed by atoms with Gasteiger partial charge in [-0.1, -0.05) is 28.1 Å². The number of hydrogen-bond donors (Lipinski definition) is 1. The maximum atomic E-state index is 13.6. The van der Waals surface area contributed by atoms with Crippen LogP contribution < -0.4 is 15.6 Å². The molecule has 0 fully saturated rings. The minimum atomic E-state index is -4.22. The van der Waals surface area contributed by atoms with Crippen LogP contribution in [-0.4, -0.2) is 34.4 Å². The first-order chi connectivity index (χ1) is 16.2. The highest BCUT2D eigenvalue weighted by atomic mass is 79.9. The van der Waals surface area contributed by atoms with Crippen LogP contribution in [0.2, 0.25) is 0 Å². The summed E-state index contributed by atoms with van der Waals surface area (Å²) in [5.74, 6) is 0.824. The lowest BCUT2D eigenvalue weighted by molar-refractivity contribution is -0.134. The van der Waals surface area contributed by atoms with Gasteiger partial charge in [0.15, 0.2) is 0 Å². The summed E-state index contributed by atoms with van der Waals surface area (Å²) in [7, 11) is 1.56. The number of halogens is 4. The van der Waals surface area contributed by atoms with E-state index >= 15 is 0 Å². The van der Waals surface area contributed by atoms with Gasteiger partial charge in [0, 0.05) is 40.9 Å². The summed E-state index contributed by atoms with van der Waals surface area (Å²) in [4.78, 5) is 22.3. The average molecular weight is 533 g/mol. The van der Waals surface area contributed by atoms with Crippen LogP contribution in [0.25, 0.3) is 27.7 Å². The van der Waals surface area contributed by atoms with Gasteiger partial charge in [-0.15, -0.1) is 0 Å². The molecule has 10 heteroatoms. The lowest BCUT2D eigenvalue weighted by Gasteiger charge is -2.14. The van der Waals surface area contributed by atoms with Crippen LogP contribution in [0.4, 0.5) is 19.1 Å². The molecule has 0 saturated heterocycles. The summed E-state index contributed by atoms with van der Waals surface area (Å²) in [6, 6.07) is 14.3. The molecule has 0 amide bonds. The second kappa shape index (κ2) is 9.84. The molecule has 2 aromatic carbocycles. The first-order valence-electron chi connectivity index (χ1n) is 10.4. The maximum absolute atomic E-state index is 13.6. The van der Waals surface area contributed by atoms with Crippen LogP contribution in [0.5, 0.6) is 5.75 Å². The number of ether oxygens (including phenoxy) is 1. The third kappa shape index (κ3) is 5.39. The average Bonchev–Trinajstić information content (AvgIpc) is 2.82. The number of nitrogens with zero attached hydrogens (tertiary/aromatic N) is 3. The third-order valence-electron chi connectivity index (χ3n) is 5.16. The highest BCUT2D eigenvalue weighted by Crippen LogP contribution is 2.27. The standard InChI is InChI=1S/C24H20BrF3N4O2/c1-34-19-9-7-18(8-10-19)32-14-16-13-30-23(29-12-2-11-24(26,27)28)31-21(16)20(22(32)33)15-3-5-17(25)6-4-15/h3-10,13-14H,2,11-12H2,1H3,(H,29,31). The molecule has 0 unspecified atom stereocenters. The number of benzene rings is 2. The monoisotopic (exact) mass is 532 g/mol. The van der Waals surface area contributed by atoms with Crippen molar-refractivity contribution >= 4 is 32.8 Å². The lowest BCUT2D eigenvalue weighted by atomic mass is 10.0. The fourth-order valence-corrected chi connectivity index (χ4v) is 3.76. The zero-order valence-electron chi connectivity index (χ0n) is 18.1. The number of rotatable bonds is 7. The molecule has 0 aliphatic rings. The molecule has 0 atom stereocenters. The van der Waals surface area contributed by atoms with Crippen LogP contribution >= 0.6 is 15.9 Å². The van der Waals surface area contributed by atoms with Crippen molar-refractivity contribution in [3.63, 3.8) is 0 Å². The Morgan fingerprint density at radius 1 is 1.09 bits per heavy atom. The molecule has 0 spiro atoms. The van der Waals surface area contributed by atoms with Crippen molar-refractivity contribution in [2.75, 3.05) is 19.0 Å². The highest BCUT2D eigenvalue weighted by molar-refractivity contribution is 9.10. The van der Waals surface area contributed by atoms with E-state index in [4.69, 9.17) is 4.74 Å².